The fourth-order valence-electron chi connectivity index (χ4n) is 9.52. The van der Waals surface area contributed by atoms with Gasteiger partial charge in [0.1, 0.15) is 36.5 Å². The summed E-state index contributed by atoms with van der Waals surface area (Å²) in [7, 11) is 0. The van der Waals surface area contributed by atoms with E-state index >= 15 is 0 Å². The minimum Gasteiger partial charge on any atom is -0.459 e. The number of carbonyl (C=O) groups excluding carboxylic acids is 9. The minimum absolute atomic E-state index is 0.0572. The summed E-state index contributed by atoms with van der Waals surface area (Å²) in [6, 6.07) is 2.53. The number of unbranched alkanes of at least 4 members (excludes halogenated alkanes) is 2. The van der Waals surface area contributed by atoms with Gasteiger partial charge in [0.2, 0.25) is 17.7 Å². The number of nitrogens with zero attached hydrogens (tertiary/aromatic N) is 1. The Bertz CT molecular complexity index is 2400. The first kappa shape index (κ1) is 66.4. The quantitative estimate of drug-likeness (QED) is 0.0102. The number of nitrogens with two attached hydrogens (primary N) is 3. The van der Waals surface area contributed by atoms with Gasteiger partial charge in [-0.1, -0.05) is 63.1 Å². The van der Waals surface area contributed by atoms with Crippen LogP contribution in [0.2, 0.25) is 0 Å². The molecule has 1 spiro atoms. The first-order chi connectivity index (χ1) is 38.4. The summed E-state index contributed by atoms with van der Waals surface area (Å²) in [4.78, 5) is 114. The molecular formula is C56H86N10O15. The molecule has 25 nitrogen and oxygen atoms in total. The second-order valence-corrected chi connectivity index (χ2v) is 21.2. The molecule has 25 heteroatoms. The number of alkyl carbamates (subject to hydrolysis) is 1. The van der Waals surface area contributed by atoms with E-state index in [2.05, 4.69) is 38.8 Å². The molecule has 1 aromatic carbocycles. The Morgan fingerprint density at radius 3 is 2.22 bits per heavy atom. The van der Waals surface area contributed by atoms with Crippen LogP contribution in [0.25, 0.3) is 0 Å². The lowest BCUT2D eigenvalue weighted by Gasteiger charge is -2.39. The third kappa shape index (κ3) is 22.8. The summed E-state index contributed by atoms with van der Waals surface area (Å²) >= 11 is 0. The summed E-state index contributed by atoms with van der Waals surface area (Å²) in [5.41, 5.74) is 17.6. The molecule has 4 rings (SSSR count). The van der Waals surface area contributed by atoms with Gasteiger partial charge < -0.3 is 77.5 Å². The average molecular weight is 1140 g/mol. The van der Waals surface area contributed by atoms with Gasteiger partial charge >= 0.3 is 30.1 Å². The standard InChI is InChI=1S/C56H86N10O15/c1-33(2)49(65-47(69)14-10-9-11-25-57)52(72)66(44(51(58)71)13-12-26-60-53(59)73)41-20-18-40(19-21-41)30-76-55(75)63-32-62-54(74)61-29-42-28-56(31-77-56)50(80-39(8)68)46(81-42)23-16-34(3)15-22-45-35(4)27-43(37(6)79-45)64-48(70)24-17-36(5)78-38(7)67/h15-21,23-24,33,35-37,42-46,49-50H,9-14,22,25-32,57H2,1-8H3,(H2,58,71)(H,63,75)(H,64,70)(H,65,69)(H3,59,60,73)(H2,61,62,74)/b23-16+,24-17-,34-15+/t35-,36-,37+,42-,43+,44-,45-,46+,49-,50+,56+/m0/s1. The van der Waals surface area contributed by atoms with Crippen LogP contribution in [0.15, 0.2) is 60.2 Å². The van der Waals surface area contributed by atoms with Crippen molar-refractivity contribution in [3.63, 3.8) is 0 Å². The number of carbonyl (C=O) groups is 9. The summed E-state index contributed by atoms with van der Waals surface area (Å²) < 4.78 is 34.7. The Kier molecular flexibility index (Phi) is 27.0. The van der Waals surface area contributed by atoms with Crippen LogP contribution >= 0.6 is 0 Å². The maximum atomic E-state index is 14.3. The van der Waals surface area contributed by atoms with Crippen LogP contribution in [0.4, 0.5) is 20.1 Å². The number of nitrogens with one attached hydrogen (secondary N) is 6. The summed E-state index contributed by atoms with van der Waals surface area (Å²) in [6.07, 6.45) is 9.09. The maximum Gasteiger partial charge on any atom is 0.408 e. The van der Waals surface area contributed by atoms with Gasteiger partial charge in [-0.05, 0) is 101 Å². The van der Waals surface area contributed by atoms with Crippen molar-refractivity contribution in [1.82, 2.24) is 31.9 Å². The Labute approximate surface area is 474 Å². The minimum atomic E-state index is -1.17. The van der Waals surface area contributed by atoms with Gasteiger partial charge in [-0.3, -0.25) is 33.7 Å². The molecule has 9 amide bonds. The second kappa shape index (κ2) is 33.0. The van der Waals surface area contributed by atoms with E-state index in [1.165, 1.54) is 30.9 Å². The lowest BCUT2D eigenvalue weighted by atomic mass is 9.87. The lowest BCUT2D eigenvalue weighted by Crippen LogP contribution is -2.57. The number of hydrogen-bond acceptors (Lipinski definition) is 16. The summed E-state index contributed by atoms with van der Waals surface area (Å²) in [6.45, 7) is 14.2. The van der Waals surface area contributed by atoms with Crippen LogP contribution in [0, 0.1) is 11.8 Å². The normalized spacial score (nSPS) is 23.6. The number of primary amides is 2. The first-order valence-corrected chi connectivity index (χ1v) is 27.7. The van der Waals surface area contributed by atoms with Crippen molar-refractivity contribution in [2.24, 2.45) is 29.0 Å². The zero-order valence-corrected chi connectivity index (χ0v) is 48.0. The molecule has 1 aromatic rings. The van der Waals surface area contributed by atoms with Crippen LogP contribution in [0.5, 0.6) is 0 Å². The molecule has 3 heterocycles. The zero-order valence-electron chi connectivity index (χ0n) is 48.0. The van der Waals surface area contributed by atoms with E-state index in [0.29, 0.717) is 44.4 Å². The predicted octanol–water partition coefficient (Wildman–Crippen LogP) is 3.02. The monoisotopic (exact) mass is 1140 g/mol. The van der Waals surface area contributed by atoms with E-state index in [-0.39, 0.29) is 93.2 Å². The van der Waals surface area contributed by atoms with Gasteiger partial charge in [0.25, 0.3) is 5.91 Å². The summed E-state index contributed by atoms with van der Waals surface area (Å²) in [5, 5.41) is 16.0. The Hall–Kier alpha value is -7.09. The van der Waals surface area contributed by atoms with E-state index in [9.17, 15) is 43.2 Å². The van der Waals surface area contributed by atoms with Crippen molar-refractivity contribution >= 4 is 59.4 Å². The lowest BCUT2D eigenvalue weighted by molar-refractivity contribution is -0.176. The van der Waals surface area contributed by atoms with Gasteiger partial charge in [0.05, 0.1) is 37.6 Å². The third-order valence-corrected chi connectivity index (χ3v) is 13.9. The predicted molar refractivity (Wildman–Crippen MR) is 298 cm³/mol. The number of esters is 2. The van der Waals surface area contributed by atoms with E-state index in [1.807, 2.05) is 26.0 Å². The molecule has 0 aliphatic carbocycles. The molecule has 3 aliphatic heterocycles. The Morgan fingerprint density at radius 1 is 0.877 bits per heavy atom. The van der Waals surface area contributed by atoms with E-state index in [0.717, 1.165) is 18.4 Å². The molecule has 3 aliphatic rings. The number of allylic oxidation sites excluding steroid dienone is 2. The van der Waals surface area contributed by atoms with Crippen LogP contribution in [-0.2, 0) is 63.8 Å². The molecule has 0 unspecified atom stereocenters. The highest BCUT2D eigenvalue weighted by atomic mass is 16.7. The van der Waals surface area contributed by atoms with Crippen LogP contribution in [0.1, 0.15) is 119 Å². The smallest absolute Gasteiger partial charge is 0.408 e. The van der Waals surface area contributed by atoms with E-state index in [4.69, 9.17) is 45.6 Å². The molecule has 450 valence electrons. The Balaban J connectivity index is 1.29. The molecule has 0 aromatic heterocycles. The van der Waals surface area contributed by atoms with Crippen molar-refractivity contribution in [2.45, 2.75) is 180 Å². The molecular weight excluding hydrogens is 1050 g/mol. The van der Waals surface area contributed by atoms with Crippen molar-refractivity contribution in [2.75, 3.05) is 37.8 Å². The van der Waals surface area contributed by atoms with Crippen molar-refractivity contribution < 1.29 is 71.6 Å². The van der Waals surface area contributed by atoms with Gasteiger partial charge in [-0.2, -0.15) is 0 Å². The van der Waals surface area contributed by atoms with Crippen molar-refractivity contribution in [1.29, 1.82) is 0 Å². The number of anilines is 1. The van der Waals surface area contributed by atoms with E-state index in [1.54, 1.807) is 51.1 Å². The largest absolute Gasteiger partial charge is 0.459 e. The van der Waals surface area contributed by atoms with Gasteiger partial charge in [-0.25, -0.2) is 14.4 Å². The fourth-order valence-corrected chi connectivity index (χ4v) is 9.52. The van der Waals surface area contributed by atoms with Gasteiger partial charge in [0.15, 0.2) is 6.10 Å². The number of benzene rings is 1. The number of hydrogen-bond donors (Lipinski definition) is 9. The van der Waals surface area contributed by atoms with E-state index < -0.39 is 84.0 Å². The molecule has 81 heavy (non-hydrogen) atoms. The molecule has 0 radical (unpaired) electrons. The number of rotatable bonds is 30. The highest BCUT2D eigenvalue weighted by Gasteiger charge is 2.60. The topological polar surface area (TPSA) is 366 Å². The Morgan fingerprint density at radius 2 is 1.59 bits per heavy atom. The molecule has 0 saturated carbocycles. The number of urea groups is 2. The molecule has 0 bridgehead atoms. The van der Waals surface area contributed by atoms with Crippen molar-refractivity contribution in [3.05, 3.63) is 65.8 Å². The zero-order chi connectivity index (χ0) is 59.8. The molecule has 3 saturated heterocycles. The van der Waals surface area contributed by atoms with Gasteiger partial charge in [0, 0.05) is 51.5 Å². The third-order valence-electron chi connectivity index (χ3n) is 13.9. The number of amides is 9. The first-order valence-electron chi connectivity index (χ1n) is 27.7. The summed E-state index contributed by atoms with van der Waals surface area (Å²) in [5.74, 6) is -3.20. The highest BCUT2D eigenvalue weighted by molar-refractivity contribution is 6.04. The van der Waals surface area contributed by atoms with Crippen LogP contribution in [-0.4, -0.2) is 147 Å². The number of epoxide rings is 1. The van der Waals surface area contributed by atoms with Crippen LogP contribution in [0.3, 0.4) is 0 Å². The second-order valence-electron chi connectivity index (χ2n) is 21.2. The average Bonchev–Trinajstić information content (AvgIpc) is 4.37. The molecule has 11 atom stereocenters. The fraction of sp³-hybridized carbons (Fsp3) is 0.625. The van der Waals surface area contributed by atoms with Crippen LogP contribution < -0.4 is 54.0 Å². The maximum absolute atomic E-state index is 14.3. The highest BCUT2D eigenvalue weighted by Crippen LogP contribution is 2.44. The van der Waals surface area contributed by atoms with Gasteiger partial charge in [-0.15, -0.1) is 0 Å². The van der Waals surface area contributed by atoms with Crippen molar-refractivity contribution in [3.8, 4) is 0 Å². The SMILES string of the molecule is CC(=O)O[C@@H]1[C@@H](/C=C/C(C)=C/C[C@@H]2O[C@H](C)[C@H](NC(=O)/C=C\[C@H](C)OC(C)=O)C[C@@H]2C)O[C@H](CNC(=O)NCNC(=O)OCc2ccc(N(C(=O)[C@@H](NC(=O)CCCCCN)C(C)C)[C@@H](CCCNC(N)=O)C(N)=O)cc2)C[C@@]12CO2. The number of ether oxygens (including phenoxy) is 6. The molecule has 3 fully saturated rings. The molecule has 12 N–H and O–H groups in total.